The maximum absolute atomic E-state index is 4.26. The van der Waals surface area contributed by atoms with Gasteiger partial charge < -0.3 is 5.32 Å². The highest BCUT2D eigenvalue weighted by Gasteiger charge is 2.33. The van der Waals surface area contributed by atoms with Crippen LogP contribution < -0.4 is 5.32 Å². The topological polar surface area (TPSA) is 28.2 Å². The predicted octanol–water partition coefficient (Wildman–Crippen LogP) is 3.43. The van der Waals surface area contributed by atoms with Crippen LogP contribution in [0.2, 0.25) is 0 Å². The van der Waals surface area contributed by atoms with Gasteiger partial charge in [-0.1, -0.05) is 6.42 Å². The smallest absolute Gasteiger partial charge is 0.106 e. The fourth-order valence-corrected chi connectivity index (χ4v) is 3.48. The summed E-state index contributed by atoms with van der Waals surface area (Å²) in [6, 6.07) is 4.99. The van der Waals surface area contributed by atoms with Crippen LogP contribution in [0.15, 0.2) is 22.9 Å². The molecule has 20 heavy (non-hydrogen) atoms. The zero-order valence-corrected chi connectivity index (χ0v) is 14.6. The molecule has 0 amide bonds. The largest absolute Gasteiger partial charge is 0.314 e. The Labute approximate surface area is 141 Å². The molecule has 1 saturated heterocycles. The molecule has 2 heterocycles. The second-order valence-electron chi connectivity index (χ2n) is 5.33. The molecule has 3 rings (SSSR count). The monoisotopic (exact) mass is 381 g/mol. The standard InChI is InChI=1S/C14H20BrN3.2ClH/c15-13-10-12(4-5-17-13)14(11-2-1-3-11)18-8-6-16-7-9-18;;/h4-5,10-11,14,16H,1-3,6-9H2;2*1H/t14-;;/m0../s1. The number of aromatic nitrogens is 1. The Balaban J connectivity index is 0.000001000. The summed E-state index contributed by atoms with van der Waals surface area (Å²) in [7, 11) is 0. The van der Waals surface area contributed by atoms with Crippen molar-refractivity contribution in [2.45, 2.75) is 25.3 Å². The number of pyridine rings is 1. The summed E-state index contributed by atoms with van der Waals surface area (Å²) in [6.45, 7) is 4.58. The van der Waals surface area contributed by atoms with Crippen LogP contribution in [0.3, 0.4) is 0 Å². The van der Waals surface area contributed by atoms with Gasteiger partial charge in [0.2, 0.25) is 0 Å². The number of halogens is 3. The second kappa shape index (κ2) is 8.54. The molecule has 114 valence electrons. The average Bonchev–Trinajstić information content (AvgIpc) is 2.34. The van der Waals surface area contributed by atoms with Crippen LogP contribution in [0.25, 0.3) is 0 Å². The molecule has 3 nitrogen and oxygen atoms in total. The highest BCUT2D eigenvalue weighted by Crippen LogP contribution is 2.41. The quantitative estimate of drug-likeness (QED) is 0.811. The fraction of sp³-hybridized carbons (Fsp3) is 0.643. The van der Waals surface area contributed by atoms with Crippen LogP contribution in [-0.2, 0) is 0 Å². The van der Waals surface area contributed by atoms with Crippen LogP contribution in [0.4, 0.5) is 0 Å². The summed E-state index contributed by atoms with van der Waals surface area (Å²) in [5, 5.41) is 3.44. The van der Waals surface area contributed by atoms with Crippen molar-refractivity contribution in [3.05, 3.63) is 28.5 Å². The third kappa shape index (κ3) is 4.08. The van der Waals surface area contributed by atoms with E-state index in [9.17, 15) is 0 Å². The Bertz CT molecular complexity index is 409. The maximum Gasteiger partial charge on any atom is 0.106 e. The molecule has 0 spiro atoms. The Morgan fingerprint density at radius 3 is 2.50 bits per heavy atom. The molecule has 1 aromatic heterocycles. The van der Waals surface area contributed by atoms with Crippen molar-refractivity contribution < 1.29 is 0 Å². The lowest BCUT2D eigenvalue weighted by atomic mass is 9.76. The van der Waals surface area contributed by atoms with Gasteiger partial charge in [0.1, 0.15) is 4.60 Å². The second-order valence-corrected chi connectivity index (χ2v) is 6.15. The van der Waals surface area contributed by atoms with Crippen molar-refractivity contribution in [2.75, 3.05) is 26.2 Å². The zero-order chi connectivity index (χ0) is 12.4. The normalized spacial score (nSPS) is 21.2. The van der Waals surface area contributed by atoms with Crippen LogP contribution in [0.1, 0.15) is 30.9 Å². The summed E-state index contributed by atoms with van der Waals surface area (Å²) in [6.07, 6.45) is 6.09. The van der Waals surface area contributed by atoms with Crippen molar-refractivity contribution in [2.24, 2.45) is 5.92 Å². The van der Waals surface area contributed by atoms with Gasteiger partial charge >= 0.3 is 0 Å². The van der Waals surface area contributed by atoms with Gasteiger partial charge in [0.15, 0.2) is 0 Å². The summed E-state index contributed by atoms with van der Waals surface area (Å²) in [5.74, 6) is 0.845. The summed E-state index contributed by atoms with van der Waals surface area (Å²) >= 11 is 3.50. The van der Waals surface area contributed by atoms with Crippen LogP contribution in [0.5, 0.6) is 0 Å². The van der Waals surface area contributed by atoms with E-state index in [2.05, 4.69) is 43.3 Å². The molecule has 1 atom stereocenters. The summed E-state index contributed by atoms with van der Waals surface area (Å²) < 4.78 is 0.958. The van der Waals surface area contributed by atoms with E-state index < -0.39 is 0 Å². The van der Waals surface area contributed by atoms with E-state index in [4.69, 9.17) is 0 Å². The van der Waals surface area contributed by atoms with Crippen molar-refractivity contribution in [3.8, 4) is 0 Å². The summed E-state index contributed by atoms with van der Waals surface area (Å²) in [4.78, 5) is 6.91. The van der Waals surface area contributed by atoms with Gasteiger partial charge in [-0.05, 0) is 52.4 Å². The molecule has 1 aliphatic heterocycles. The first-order valence-corrected chi connectivity index (χ1v) is 7.70. The van der Waals surface area contributed by atoms with Crippen molar-refractivity contribution in [1.29, 1.82) is 0 Å². The molecule has 2 aliphatic rings. The van der Waals surface area contributed by atoms with E-state index in [-0.39, 0.29) is 24.8 Å². The minimum atomic E-state index is 0. The Hall–Kier alpha value is 0.130. The number of hydrogen-bond acceptors (Lipinski definition) is 3. The molecule has 0 bridgehead atoms. The van der Waals surface area contributed by atoms with Gasteiger partial charge in [-0.25, -0.2) is 4.98 Å². The van der Waals surface area contributed by atoms with Gasteiger partial charge in [-0.15, -0.1) is 24.8 Å². The van der Waals surface area contributed by atoms with Gasteiger partial charge in [0, 0.05) is 38.4 Å². The highest BCUT2D eigenvalue weighted by atomic mass is 79.9. The number of piperazine rings is 1. The van der Waals surface area contributed by atoms with Gasteiger partial charge in [0.25, 0.3) is 0 Å². The lowest BCUT2D eigenvalue weighted by Crippen LogP contribution is -2.47. The lowest BCUT2D eigenvalue weighted by molar-refractivity contribution is 0.0836. The van der Waals surface area contributed by atoms with E-state index in [0.29, 0.717) is 6.04 Å². The summed E-state index contributed by atoms with van der Waals surface area (Å²) in [5.41, 5.74) is 1.43. The van der Waals surface area contributed by atoms with E-state index in [1.54, 1.807) is 0 Å². The van der Waals surface area contributed by atoms with E-state index >= 15 is 0 Å². The minimum Gasteiger partial charge on any atom is -0.314 e. The molecule has 2 fully saturated rings. The van der Waals surface area contributed by atoms with Crippen molar-refractivity contribution in [1.82, 2.24) is 15.2 Å². The molecule has 1 N–H and O–H groups in total. The molecule has 1 aliphatic carbocycles. The number of hydrogen-bond donors (Lipinski definition) is 1. The molecule has 1 aromatic rings. The number of rotatable bonds is 3. The molecule has 0 unspecified atom stereocenters. The predicted molar refractivity (Wildman–Crippen MR) is 91.0 cm³/mol. The van der Waals surface area contributed by atoms with Crippen LogP contribution in [-0.4, -0.2) is 36.1 Å². The molecular weight excluding hydrogens is 361 g/mol. The average molecular weight is 383 g/mol. The Morgan fingerprint density at radius 1 is 1.25 bits per heavy atom. The lowest BCUT2D eigenvalue weighted by Gasteiger charge is -2.43. The zero-order valence-electron chi connectivity index (χ0n) is 11.4. The van der Waals surface area contributed by atoms with Gasteiger partial charge in [0.05, 0.1) is 0 Å². The minimum absolute atomic E-state index is 0. The third-order valence-electron chi connectivity index (χ3n) is 4.23. The molecular formula is C14H22BrCl2N3. The SMILES string of the molecule is Brc1cc([C@H](C2CCC2)N2CCNCC2)ccn1.Cl.Cl. The molecule has 0 aromatic carbocycles. The molecule has 1 saturated carbocycles. The first-order chi connectivity index (χ1) is 8.84. The van der Waals surface area contributed by atoms with Gasteiger partial charge in [-0.3, -0.25) is 4.90 Å². The first-order valence-electron chi connectivity index (χ1n) is 6.91. The Kier molecular flexibility index (Phi) is 7.77. The Morgan fingerprint density at radius 2 is 1.95 bits per heavy atom. The van der Waals surface area contributed by atoms with E-state index in [1.165, 1.54) is 37.9 Å². The number of nitrogens with one attached hydrogen (secondary N) is 1. The van der Waals surface area contributed by atoms with E-state index in [1.807, 2.05) is 6.20 Å². The fourth-order valence-electron chi connectivity index (χ4n) is 3.10. The maximum atomic E-state index is 4.26. The van der Waals surface area contributed by atoms with Gasteiger partial charge in [-0.2, -0.15) is 0 Å². The van der Waals surface area contributed by atoms with Crippen LogP contribution in [0, 0.1) is 5.92 Å². The highest BCUT2D eigenvalue weighted by molar-refractivity contribution is 9.10. The molecule has 6 heteroatoms. The third-order valence-corrected chi connectivity index (χ3v) is 4.67. The first kappa shape index (κ1) is 18.2. The molecule has 0 radical (unpaired) electrons. The van der Waals surface area contributed by atoms with Crippen molar-refractivity contribution in [3.63, 3.8) is 0 Å². The van der Waals surface area contributed by atoms with E-state index in [0.717, 1.165) is 23.6 Å². The van der Waals surface area contributed by atoms with Crippen molar-refractivity contribution >= 4 is 40.7 Å². The number of nitrogens with zero attached hydrogens (tertiary/aromatic N) is 2. The van der Waals surface area contributed by atoms with Crippen LogP contribution >= 0.6 is 40.7 Å².